The Morgan fingerprint density at radius 2 is 2.23 bits per heavy atom. The normalized spacial score (nSPS) is 11.0. The molecule has 0 fully saturated rings. The Balaban J connectivity index is 1.95. The summed E-state index contributed by atoms with van der Waals surface area (Å²) in [6.07, 6.45) is 2.43. The van der Waals surface area contributed by atoms with Gasteiger partial charge in [-0.1, -0.05) is 0 Å². The Morgan fingerprint density at radius 1 is 1.36 bits per heavy atom. The number of ketones is 1. The van der Waals surface area contributed by atoms with Crippen LogP contribution >= 0.6 is 11.3 Å². The number of aromatic nitrogens is 3. The van der Waals surface area contributed by atoms with Crippen LogP contribution < -0.4 is 5.32 Å². The fraction of sp³-hybridized carbons (Fsp3) is 0.267. The summed E-state index contributed by atoms with van der Waals surface area (Å²) in [5.74, 6) is 0.785. The van der Waals surface area contributed by atoms with Crippen molar-refractivity contribution in [3.05, 3.63) is 35.3 Å². The molecule has 3 aromatic heterocycles. The van der Waals surface area contributed by atoms with Crippen molar-refractivity contribution in [1.82, 2.24) is 14.6 Å². The Bertz CT molecular complexity index is 809. The maximum atomic E-state index is 11.4. The maximum Gasteiger partial charge on any atom is 0.169 e. The first kappa shape index (κ1) is 14.7. The molecular weight excluding hydrogens is 300 g/mol. The van der Waals surface area contributed by atoms with Crippen molar-refractivity contribution < 1.29 is 9.90 Å². The maximum absolute atomic E-state index is 11.4. The van der Waals surface area contributed by atoms with Gasteiger partial charge in [0.25, 0.3) is 0 Å². The van der Waals surface area contributed by atoms with Gasteiger partial charge in [0.2, 0.25) is 0 Å². The molecule has 0 radical (unpaired) electrons. The molecule has 0 bridgehead atoms. The summed E-state index contributed by atoms with van der Waals surface area (Å²) in [4.78, 5) is 17.5. The fourth-order valence-electron chi connectivity index (χ4n) is 2.10. The van der Waals surface area contributed by atoms with Crippen LogP contribution in [0.5, 0.6) is 0 Å². The molecule has 0 saturated carbocycles. The highest BCUT2D eigenvalue weighted by atomic mass is 32.1. The van der Waals surface area contributed by atoms with Crippen molar-refractivity contribution in [1.29, 1.82) is 0 Å². The molecule has 3 rings (SSSR count). The predicted molar refractivity (Wildman–Crippen MR) is 86.5 cm³/mol. The molecule has 0 aliphatic carbocycles. The molecule has 7 heteroatoms. The number of aliphatic hydroxyl groups is 1. The molecule has 3 heterocycles. The summed E-state index contributed by atoms with van der Waals surface area (Å²) >= 11 is 1.44. The van der Waals surface area contributed by atoms with E-state index < -0.39 is 0 Å². The lowest BCUT2D eigenvalue weighted by atomic mass is 10.3. The van der Waals surface area contributed by atoms with Crippen LogP contribution in [0.2, 0.25) is 0 Å². The van der Waals surface area contributed by atoms with Gasteiger partial charge in [-0.3, -0.25) is 4.79 Å². The van der Waals surface area contributed by atoms with Gasteiger partial charge in [-0.15, -0.1) is 16.4 Å². The average molecular weight is 316 g/mol. The molecule has 0 aliphatic rings. The molecule has 0 atom stereocenters. The third-order valence-electron chi connectivity index (χ3n) is 3.21. The predicted octanol–water partition coefficient (Wildman–Crippen LogP) is 2.45. The summed E-state index contributed by atoms with van der Waals surface area (Å²) in [7, 11) is 0. The fourth-order valence-corrected chi connectivity index (χ4v) is 2.99. The minimum Gasteiger partial charge on any atom is -0.396 e. The molecule has 0 amide bonds. The number of nitrogens with zero attached hydrogens (tertiary/aromatic N) is 3. The van der Waals surface area contributed by atoms with Crippen LogP contribution in [0.25, 0.3) is 16.2 Å². The van der Waals surface area contributed by atoms with Gasteiger partial charge in [0.05, 0.1) is 16.0 Å². The lowest BCUT2D eigenvalue weighted by molar-refractivity contribution is 0.102. The minimum absolute atomic E-state index is 0.0596. The van der Waals surface area contributed by atoms with Gasteiger partial charge >= 0.3 is 0 Å². The van der Waals surface area contributed by atoms with Crippen molar-refractivity contribution in [2.75, 3.05) is 18.5 Å². The van der Waals surface area contributed by atoms with Gasteiger partial charge in [0, 0.05) is 13.2 Å². The SMILES string of the molecule is CC(=O)c1ccc(-c2cnc3ccc(NCCCO)nn23)s1. The zero-order valence-corrected chi connectivity index (χ0v) is 12.9. The minimum atomic E-state index is 0.0596. The highest BCUT2D eigenvalue weighted by molar-refractivity contribution is 7.17. The lowest BCUT2D eigenvalue weighted by Gasteiger charge is -2.05. The first-order valence-corrected chi connectivity index (χ1v) is 7.81. The molecule has 114 valence electrons. The second-order valence-electron chi connectivity index (χ2n) is 4.86. The largest absolute Gasteiger partial charge is 0.396 e. The van der Waals surface area contributed by atoms with Crippen molar-refractivity contribution in [2.24, 2.45) is 0 Å². The van der Waals surface area contributed by atoms with Crippen LogP contribution in [-0.4, -0.2) is 38.6 Å². The Hall–Kier alpha value is -2.25. The number of Topliss-reactive ketones (excluding diaryl/α,β-unsaturated/α-hetero) is 1. The third kappa shape index (κ3) is 2.86. The summed E-state index contributed by atoms with van der Waals surface area (Å²) < 4.78 is 1.76. The summed E-state index contributed by atoms with van der Waals surface area (Å²) in [5.41, 5.74) is 1.61. The molecule has 0 aliphatic heterocycles. The first-order valence-electron chi connectivity index (χ1n) is 6.99. The first-order chi connectivity index (χ1) is 10.7. The summed E-state index contributed by atoms with van der Waals surface area (Å²) in [6.45, 7) is 2.37. The summed E-state index contributed by atoms with van der Waals surface area (Å²) in [5, 5.41) is 16.5. The number of carbonyl (C=O) groups excluding carboxylic acids is 1. The topological polar surface area (TPSA) is 79.5 Å². The van der Waals surface area contributed by atoms with Crippen LogP contribution in [0.3, 0.4) is 0 Å². The number of rotatable bonds is 6. The molecule has 2 N–H and O–H groups in total. The molecule has 0 spiro atoms. The zero-order valence-electron chi connectivity index (χ0n) is 12.1. The Morgan fingerprint density at radius 3 is 2.95 bits per heavy atom. The molecule has 3 aromatic rings. The van der Waals surface area contributed by atoms with E-state index in [0.29, 0.717) is 13.0 Å². The Labute approximate surface area is 131 Å². The highest BCUT2D eigenvalue weighted by Gasteiger charge is 2.12. The highest BCUT2D eigenvalue weighted by Crippen LogP contribution is 2.28. The summed E-state index contributed by atoms with van der Waals surface area (Å²) in [6, 6.07) is 7.49. The average Bonchev–Trinajstić information content (AvgIpc) is 3.13. The van der Waals surface area contributed by atoms with Crippen LogP contribution in [0.4, 0.5) is 5.82 Å². The van der Waals surface area contributed by atoms with Crippen LogP contribution in [0.15, 0.2) is 30.5 Å². The lowest BCUT2D eigenvalue weighted by Crippen LogP contribution is -2.07. The van der Waals surface area contributed by atoms with Gasteiger partial charge in [0.15, 0.2) is 11.4 Å². The van der Waals surface area contributed by atoms with Gasteiger partial charge in [-0.25, -0.2) is 9.50 Å². The molecule has 22 heavy (non-hydrogen) atoms. The molecule has 0 saturated heterocycles. The molecule has 6 nitrogen and oxygen atoms in total. The van der Waals surface area contributed by atoms with Gasteiger partial charge in [-0.2, -0.15) is 0 Å². The zero-order chi connectivity index (χ0) is 15.5. The number of imidazole rings is 1. The van der Waals surface area contributed by atoms with E-state index in [1.807, 2.05) is 24.3 Å². The van der Waals surface area contributed by atoms with Crippen LogP contribution in [0.1, 0.15) is 23.0 Å². The van der Waals surface area contributed by atoms with E-state index in [4.69, 9.17) is 5.11 Å². The van der Waals surface area contributed by atoms with Crippen molar-refractivity contribution >= 4 is 28.6 Å². The molecular formula is C15H16N4O2S. The van der Waals surface area contributed by atoms with Gasteiger partial charge < -0.3 is 10.4 Å². The number of hydrogen-bond donors (Lipinski definition) is 2. The van der Waals surface area contributed by atoms with E-state index in [2.05, 4.69) is 15.4 Å². The monoisotopic (exact) mass is 316 g/mol. The van der Waals surface area contributed by atoms with E-state index in [0.717, 1.165) is 26.9 Å². The number of carbonyl (C=O) groups is 1. The second-order valence-corrected chi connectivity index (χ2v) is 5.94. The van der Waals surface area contributed by atoms with E-state index in [9.17, 15) is 4.79 Å². The van der Waals surface area contributed by atoms with Crippen molar-refractivity contribution in [2.45, 2.75) is 13.3 Å². The van der Waals surface area contributed by atoms with Gasteiger partial charge in [-0.05, 0) is 37.6 Å². The quantitative estimate of drug-likeness (QED) is 0.539. The van der Waals surface area contributed by atoms with E-state index in [-0.39, 0.29) is 12.4 Å². The number of thiophene rings is 1. The number of hydrogen-bond acceptors (Lipinski definition) is 6. The molecule has 0 aromatic carbocycles. The second kappa shape index (κ2) is 6.25. The standard InChI is InChI=1S/C15H16N4O2S/c1-10(21)12-3-4-13(22-12)11-9-17-15-6-5-14(18-19(11)15)16-7-2-8-20/h3-6,9,20H,2,7-8H2,1H3,(H,16,18). The number of anilines is 1. The number of aliphatic hydroxyl groups excluding tert-OH is 1. The van der Waals surface area contributed by atoms with E-state index in [1.165, 1.54) is 11.3 Å². The Kier molecular flexibility index (Phi) is 4.17. The van der Waals surface area contributed by atoms with Gasteiger partial charge in [0.1, 0.15) is 11.5 Å². The molecule has 0 unspecified atom stereocenters. The smallest absolute Gasteiger partial charge is 0.169 e. The van der Waals surface area contributed by atoms with Crippen LogP contribution in [0, 0.1) is 0 Å². The van der Waals surface area contributed by atoms with Crippen LogP contribution in [-0.2, 0) is 0 Å². The van der Waals surface area contributed by atoms with Crippen molar-refractivity contribution in [3.8, 4) is 10.6 Å². The van der Waals surface area contributed by atoms with Crippen molar-refractivity contribution in [3.63, 3.8) is 0 Å². The third-order valence-corrected chi connectivity index (χ3v) is 4.42. The van der Waals surface area contributed by atoms with E-state index >= 15 is 0 Å². The number of nitrogens with one attached hydrogen (secondary N) is 1. The van der Waals surface area contributed by atoms with E-state index in [1.54, 1.807) is 17.6 Å². The number of fused-ring (bicyclic) bond motifs is 1.